The molecule has 1 aromatic carbocycles. The Labute approximate surface area is 170 Å². The molecule has 1 aromatic rings. The molecule has 1 spiro atoms. The van der Waals surface area contributed by atoms with E-state index >= 15 is 0 Å². The Kier molecular flexibility index (Phi) is 5.96. The highest BCUT2D eigenvalue weighted by Crippen LogP contribution is 2.46. The summed E-state index contributed by atoms with van der Waals surface area (Å²) >= 11 is 0. The molecule has 0 atom stereocenters. The van der Waals surface area contributed by atoms with Crippen LogP contribution in [0.25, 0.3) is 0 Å². The summed E-state index contributed by atoms with van der Waals surface area (Å²) in [5.74, 6) is 0.928. The number of amides is 2. The molecule has 0 unspecified atom stereocenters. The van der Waals surface area contributed by atoms with Crippen LogP contribution in [0.3, 0.4) is 0 Å². The van der Waals surface area contributed by atoms with Crippen LogP contribution in [0.4, 0.5) is 10.5 Å². The van der Waals surface area contributed by atoms with Gasteiger partial charge in [-0.2, -0.15) is 0 Å². The largest absolute Gasteiger partial charge is 0.330 e. The minimum absolute atomic E-state index is 0.110. The Morgan fingerprint density at radius 1 is 1.00 bits per heavy atom. The van der Waals surface area contributed by atoms with Crippen molar-refractivity contribution in [2.75, 3.05) is 45.2 Å². The van der Waals surface area contributed by atoms with E-state index in [0.29, 0.717) is 0 Å². The summed E-state index contributed by atoms with van der Waals surface area (Å²) < 4.78 is 0. The van der Waals surface area contributed by atoms with E-state index in [-0.39, 0.29) is 11.4 Å². The number of hydrogen-bond acceptors (Lipinski definition) is 2. The Balaban J connectivity index is 1.51. The SMILES string of the molecule is CN(C)C(=O)N1CCCC2(CCN(CC3CCCCC3)CC2)c2ccccc21. The van der Waals surface area contributed by atoms with Crippen LogP contribution in [0.15, 0.2) is 24.3 Å². The first-order valence-corrected chi connectivity index (χ1v) is 11.4. The molecule has 2 fully saturated rings. The van der Waals surface area contributed by atoms with E-state index in [1.165, 1.54) is 76.6 Å². The first-order chi connectivity index (χ1) is 13.6. The summed E-state index contributed by atoms with van der Waals surface area (Å²) in [6.45, 7) is 4.57. The van der Waals surface area contributed by atoms with Crippen LogP contribution in [0.1, 0.15) is 63.4 Å². The first-order valence-electron chi connectivity index (χ1n) is 11.4. The van der Waals surface area contributed by atoms with Crippen molar-refractivity contribution in [2.24, 2.45) is 5.92 Å². The van der Waals surface area contributed by atoms with Crippen molar-refractivity contribution in [1.29, 1.82) is 0 Å². The van der Waals surface area contributed by atoms with Crippen LogP contribution in [0.2, 0.25) is 0 Å². The molecular weight excluding hydrogens is 346 g/mol. The van der Waals surface area contributed by atoms with E-state index in [1.54, 1.807) is 4.90 Å². The summed E-state index contributed by atoms with van der Waals surface area (Å²) in [7, 11) is 3.71. The van der Waals surface area contributed by atoms with Crippen molar-refractivity contribution in [3.05, 3.63) is 29.8 Å². The summed E-state index contributed by atoms with van der Waals surface area (Å²) in [4.78, 5) is 19.3. The van der Waals surface area contributed by atoms with Crippen molar-refractivity contribution < 1.29 is 4.79 Å². The summed E-state index contributed by atoms with van der Waals surface area (Å²) in [6, 6.07) is 8.83. The fourth-order valence-electron chi connectivity index (χ4n) is 5.85. The molecule has 28 heavy (non-hydrogen) atoms. The molecule has 0 bridgehead atoms. The lowest BCUT2D eigenvalue weighted by Gasteiger charge is -2.43. The summed E-state index contributed by atoms with van der Waals surface area (Å²) in [5, 5.41) is 0. The van der Waals surface area contributed by atoms with E-state index in [4.69, 9.17) is 0 Å². The van der Waals surface area contributed by atoms with Gasteiger partial charge in [-0.25, -0.2) is 4.79 Å². The lowest BCUT2D eigenvalue weighted by molar-refractivity contribution is 0.123. The molecular formula is C24H37N3O. The molecule has 1 saturated carbocycles. The molecule has 3 aliphatic rings. The first kappa shape index (κ1) is 19.8. The number of urea groups is 1. The molecule has 1 saturated heterocycles. The Bertz CT molecular complexity index is 672. The summed E-state index contributed by atoms with van der Waals surface area (Å²) in [6.07, 6.45) is 12.0. The fourth-order valence-corrected chi connectivity index (χ4v) is 5.85. The Morgan fingerprint density at radius 3 is 2.43 bits per heavy atom. The predicted octanol–water partition coefficient (Wildman–Crippen LogP) is 4.88. The highest BCUT2D eigenvalue weighted by atomic mass is 16.2. The molecule has 0 aromatic heterocycles. The van der Waals surface area contributed by atoms with Crippen LogP contribution in [0.5, 0.6) is 0 Å². The second-order valence-corrected chi connectivity index (χ2v) is 9.53. The number of carbonyl (C=O) groups excluding carboxylic acids is 1. The monoisotopic (exact) mass is 383 g/mol. The van der Waals surface area contributed by atoms with Gasteiger partial charge < -0.3 is 9.80 Å². The molecule has 2 amide bonds. The number of benzene rings is 1. The average Bonchev–Trinajstić information content (AvgIpc) is 2.88. The molecule has 4 nitrogen and oxygen atoms in total. The van der Waals surface area contributed by atoms with Gasteiger partial charge in [0.2, 0.25) is 0 Å². The van der Waals surface area contributed by atoms with E-state index in [0.717, 1.165) is 24.6 Å². The van der Waals surface area contributed by atoms with Gasteiger partial charge in [0.1, 0.15) is 0 Å². The third-order valence-corrected chi connectivity index (χ3v) is 7.47. The number of hydrogen-bond donors (Lipinski definition) is 0. The van der Waals surface area contributed by atoms with Crippen molar-refractivity contribution in [3.8, 4) is 0 Å². The van der Waals surface area contributed by atoms with Crippen molar-refractivity contribution in [2.45, 2.75) is 63.2 Å². The normalized spacial score (nSPS) is 23.3. The van der Waals surface area contributed by atoms with Crippen LogP contribution in [-0.2, 0) is 5.41 Å². The molecule has 1 aliphatic carbocycles. The fraction of sp³-hybridized carbons (Fsp3) is 0.708. The number of fused-ring (bicyclic) bond motifs is 2. The van der Waals surface area contributed by atoms with Crippen LogP contribution < -0.4 is 4.90 Å². The molecule has 154 valence electrons. The standard InChI is InChI=1S/C24H37N3O/c1-25(2)23(28)27-16-8-13-24(21-11-6-7-12-22(21)27)14-17-26(18-15-24)19-20-9-4-3-5-10-20/h6-7,11-12,20H,3-5,8-10,13-19H2,1-2H3. The number of likely N-dealkylation sites (tertiary alicyclic amines) is 1. The molecule has 4 rings (SSSR count). The zero-order chi connectivity index (χ0) is 19.6. The second-order valence-electron chi connectivity index (χ2n) is 9.53. The van der Waals surface area contributed by atoms with Gasteiger partial charge in [-0.3, -0.25) is 4.90 Å². The lowest BCUT2D eigenvalue weighted by Crippen LogP contribution is -2.44. The van der Waals surface area contributed by atoms with Gasteiger partial charge in [0.15, 0.2) is 0 Å². The average molecular weight is 384 g/mol. The van der Waals surface area contributed by atoms with Crippen molar-refractivity contribution in [1.82, 2.24) is 9.80 Å². The van der Waals surface area contributed by atoms with Gasteiger partial charge in [0.05, 0.1) is 0 Å². The van der Waals surface area contributed by atoms with Gasteiger partial charge >= 0.3 is 6.03 Å². The minimum Gasteiger partial charge on any atom is -0.330 e. The molecule has 0 N–H and O–H groups in total. The van der Waals surface area contributed by atoms with Gasteiger partial charge in [-0.05, 0) is 74.6 Å². The topological polar surface area (TPSA) is 26.8 Å². The van der Waals surface area contributed by atoms with E-state index < -0.39 is 0 Å². The quantitative estimate of drug-likeness (QED) is 0.727. The van der Waals surface area contributed by atoms with Crippen LogP contribution >= 0.6 is 0 Å². The maximum atomic E-state index is 12.8. The zero-order valence-electron chi connectivity index (χ0n) is 17.8. The maximum absolute atomic E-state index is 12.8. The molecule has 4 heteroatoms. The molecule has 2 aliphatic heterocycles. The van der Waals surface area contributed by atoms with Crippen molar-refractivity contribution in [3.63, 3.8) is 0 Å². The smallest absolute Gasteiger partial charge is 0.323 e. The highest BCUT2D eigenvalue weighted by Gasteiger charge is 2.41. The molecule has 0 radical (unpaired) electrons. The van der Waals surface area contributed by atoms with E-state index in [1.807, 2.05) is 19.0 Å². The van der Waals surface area contributed by atoms with E-state index in [2.05, 4.69) is 29.2 Å². The zero-order valence-corrected chi connectivity index (χ0v) is 17.8. The van der Waals surface area contributed by atoms with Crippen LogP contribution in [-0.4, -0.2) is 56.1 Å². The highest BCUT2D eigenvalue weighted by molar-refractivity contribution is 5.93. The van der Waals surface area contributed by atoms with Crippen LogP contribution in [0, 0.1) is 5.92 Å². The number of anilines is 1. The third kappa shape index (κ3) is 3.94. The number of piperidine rings is 1. The Morgan fingerprint density at radius 2 is 1.71 bits per heavy atom. The maximum Gasteiger partial charge on any atom is 0.323 e. The second kappa shape index (κ2) is 8.44. The predicted molar refractivity (Wildman–Crippen MR) is 116 cm³/mol. The third-order valence-electron chi connectivity index (χ3n) is 7.47. The number of nitrogens with zero attached hydrogens (tertiary/aromatic N) is 3. The van der Waals surface area contributed by atoms with Gasteiger partial charge in [0.25, 0.3) is 0 Å². The van der Waals surface area contributed by atoms with Gasteiger partial charge in [0, 0.05) is 32.9 Å². The number of carbonyl (C=O) groups is 1. The number of para-hydroxylation sites is 1. The summed E-state index contributed by atoms with van der Waals surface area (Å²) in [5.41, 5.74) is 2.82. The minimum atomic E-state index is 0.110. The van der Waals surface area contributed by atoms with Gasteiger partial charge in [-0.1, -0.05) is 37.5 Å². The lowest BCUT2D eigenvalue weighted by atomic mass is 9.69. The number of rotatable bonds is 2. The molecule has 2 heterocycles. The van der Waals surface area contributed by atoms with Gasteiger partial charge in [-0.15, -0.1) is 0 Å². The van der Waals surface area contributed by atoms with Crippen molar-refractivity contribution >= 4 is 11.7 Å². The van der Waals surface area contributed by atoms with E-state index in [9.17, 15) is 4.79 Å². The Hall–Kier alpha value is -1.55.